The molecule has 2 aliphatic carbocycles. The van der Waals surface area contributed by atoms with E-state index in [0.717, 1.165) is 25.7 Å². The molecule has 8 nitrogen and oxygen atoms in total. The highest BCUT2D eigenvalue weighted by molar-refractivity contribution is 6.39. The average molecular weight is 336 g/mol. The summed E-state index contributed by atoms with van der Waals surface area (Å²) in [7, 11) is 3.91. The molecule has 4 aliphatic rings. The van der Waals surface area contributed by atoms with Crippen molar-refractivity contribution in [3.63, 3.8) is 0 Å². The molecule has 8 heteroatoms. The average Bonchev–Trinajstić information content (AvgIpc) is 2.58. The second kappa shape index (κ2) is 6.07. The van der Waals surface area contributed by atoms with E-state index in [1.807, 2.05) is 24.1 Å². The Kier molecular flexibility index (Phi) is 4.04. The van der Waals surface area contributed by atoms with E-state index in [1.54, 1.807) is 0 Å². The highest BCUT2D eigenvalue weighted by Crippen LogP contribution is 2.33. The van der Waals surface area contributed by atoms with Gasteiger partial charge in [-0.3, -0.25) is 10.0 Å². The molecule has 0 radical (unpaired) electrons. The number of rotatable bonds is 1. The Bertz CT molecular complexity index is 489. The van der Waals surface area contributed by atoms with Crippen molar-refractivity contribution >= 4 is 11.7 Å². The topological polar surface area (TPSA) is 73.7 Å². The van der Waals surface area contributed by atoms with E-state index in [4.69, 9.17) is 9.68 Å². The number of nitrogens with zero attached hydrogens (tertiary/aromatic N) is 4. The Hall–Kier alpha value is -1.54. The van der Waals surface area contributed by atoms with Gasteiger partial charge in [-0.25, -0.2) is 0 Å². The summed E-state index contributed by atoms with van der Waals surface area (Å²) in [5.41, 5.74) is 6.20. The quantitative estimate of drug-likeness (QED) is 0.761. The number of oxime groups is 2. The number of hydrogen-bond donors (Lipinski definition) is 2. The molecule has 0 aromatic carbocycles. The molecule has 134 valence electrons. The third-order valence-electron chi connectivity index (χ3n) is 5.51. The fourth-order valence-corrected chi connectivity index (χ4v) is 4.18. The van der Waals surface area contributed by atoms with E-state index in [0.29, 0.717) is 11.7 Å². The maximum absolute atomic E-state index is 5.87. The molecule has 0 bridgehead atoms. The van der Waals surface area contributed by atoms with Crippen LogP contribution in [0.1, 0.15) is 64.2 Å². The predicted molar refractivity (Wildman–Crippen MR) is 90.5 cm³/mol. The van der Waals surface area contributed by atoms with Crippen LogP contribution in [0.15, 0.2) is 10.3 Å². The fraction of sp³-hybridized carbons (Fsp3) is 0.875. The molecule has 2 heterocycles. The Balaban J connectivity index is 1.51. The van der Waals surface area contributed by atoms with Gasteiger partial charge < -0.3 is 9.68 Å². The second-order valence-electron chi connectivity index (χ2n) is 7.46. The summed E-state index contributed by atoms with van der Waals surface area (Å²) >= 11 is 0. The standard InChI is InChI=1S/C16H28N6O2/c1-21-13(17-23-15(19-21)9-5-3-6-10-15)14-18-24-16(20-22(14)2)11-7-4-8-12-16/h19-20H,3-12H2,1-2H3. The lowest BCUT2D eigenvalue weighted by Gasteiger charge is -2.46. The lowest BCUT2D eigenvalue weighted by atomic mass is 9.92. The van der Waals surface area contributed by atoms with E-state index >= 15 is 0 Å². The van der Waals surface area contributed by atoms with Gasteiger partial charge >= 0.3 is 0 Å². The lowest BCUT2D eigenvalue weighted by molar-refractivity contribution is -0.143. The first-order chi connectivity index (χ1) is 11.6. The largest absolute Gasteiger partial charge is 0.370 e. The van der Waals surface area contributed by atoms with Crippen molar-refractivity contribution in [2.75, 3.05) is 14.1 Å². The third kappa shape index (κ3) is 2.82. The van der Waals surface area contributed by atoms with Gasteiger partial charge in [-0.05, 0) is 25.7 Å². The van der Waals surface area contributed by atoms with E-state index in [2.05, 4.69) is 21.2 Å². The summed E-state index contributed by atoms with van der Waals surface area (Å²) in [5.74, 6) is 1.26. The van der Waals surface area contributed by atoms with Crippen LogP contribution in [0.25, 0.3) is 0 Å². The molecule has 2 N–H and O–H groups in total. The summed E-state index contributed by atoms with van der Waals surface area (Å²) in [6.45, 7) is 0. The van der Waals surface area contributed by atoms with Crippen molar-refractivity contribution in [2.24, 2.45) is 10.3 Å². The highest BCUT2D eigenvalue weighted by Gasteiger charge is 2.44. The molecule has 2 spiro atoms. The van der Waals surface area contributed by atoms with Crippen LogP contribution < -0.4 is 10.9 Å². The van der Waals surface area contributed by atoms with Crippen LogP contribution in [-0.2, 0) is 9.68 Å². The van der Waals surface area contributed by atoms with Crippen molar-refractivity contribution in [3.05, 3.63) is 0 Å². The molecule has 0 amide bonds. The lowest BCUT2D eigenvalue weighted by Crippen LogP contribution is -2.66. The smallest absolute Gasteiger partial charge is 0.230 e. The van der Waals surface area contributed by atoms with Crippen molar-refractivity contribution in [2.45, 2.75) is 75.7 Å². The highest BCUT2D eigenvalue weighted by atomic mass is 16.7. The Morgan fingerprint density at radius 3 is 1.42 bits per heavy atom. The van der Waals surface area contributed by atoms with Gasteiger partial charge in [0.15, 0.2) is 0 Å². The Morgan fingerprint density at radius 1 is 0.708 bits per heavy atom. The van der Waals surface area contributed by atoms with E-state index < -0.39 is 0 Å². The van der Waals surface area contributed by atoms with Gasteiger partial charge in [0.25, 0.3) is 0 Å². The zero-order valence-electron chi connectivity index (χ0n) is 14.7. The fourth-order valence-electron chi connectivity index (χ4n) is 4.18. The molecule has 4 rings (SSSR count). The molecule has 0 aromatic rings. The first-order valence-corrected chi connectivity index (χ1v) is 9.17. The minimum absolute atomic E-state index is 0.358. The zero-order chi connectivity index (χ0) is 16.6. The Labute approximate surface area is 143 Å². The van der Waals surface area contributed by atoms with Gasteiger partial charge in [0.1, 0.15) is 0 Å². The van der Waals surface area contributed by atoms with Crippen LogP contribution in [0, 0.1) is 0 Å². The number of hydrazine groups is 2. The summed E-state index contributed by atoms with van der Waals surface area (Å²) in [5, 5.41) is 12.6. The summed E-state index contributed by atoms with van der Waals surface area (Å²) in [6.07, 6.45) is 11.1. The van der Waals surface area contributed by atoms with Crippen molar-refractivity contribution in [1.82, 2.24) is 20.9 Å². The second-order valence-corrected chi connectivity index (χ2v) is 7.46. The maximum Gasteiger partial charge on any atom is 0.230 e. The first kappa shape index (κ1) is 16.0. The van der Waals surface area contributed by atoms with Crippen LogP contribution in [0.2, 0.25) is 0 Å². The van der Waals surface area contributed by atoms with Crippen molar-refractivity contribution in [1.29, 1.82) is 0 Å². The van der Waals surface area contributed by atoms with E-state index in [-0.39, 0.29) is 11.4 Å². The number of likely N-dealkylation sites (N-methyl/N-ethyl adjacent to an activating group) is 2. The molecule has 0 saturated heterocycles. The molecule has 2 fully saturated rings. The van der Waals surface area contributed by atoms with Crippen molar-refractivity contribution in [3.8, 4) is 0 Å². The third-order valence-corrected chi connectivity index (χ3v) is 5.51. The van der Waals surface area contributed by atoms with Crippen LogP contribution >= 0.6 is 0 Å². The molecule has 2 aliphatic heterocycles. The van der Waals surface area contributed by atoms with Crippen LogP contribution in [0.3, 0.4) is 0 Å². The van der Waals surface area contributed by atoms with Gasteiger partial charge in [0.05, 0.1) is 0 Å². The van der Waals surface area contributed by atoms with Gasteiger partial charge in [-0.15, -0.1) is 0 Å². The molecular weight excluding hydrogens is 308 g/mol. The normalized spacial score (nSPS) is 28.9. The van der Waals surface area contributed by atoms with Crippen LogP contribution in [-0.4, -0.2) is 47.2 Å². The molecule has 2 saturated carbocycles. The number of amidine groups is 2. The number of nitrogens with one attached hydrogen (secondary N) is 2. The van der Waals surface area contributed by atoms with Gasteiger partial charge in [0, 0.05) is 39.8 Å². The van der Waals surface area contributed by atoms with E-state index in [1.165, 1.54) is 38.5 Å². The number of hydrogen-bond acceptors (Lipinski definition) is 8. The van der Waals surface area contributed by atoms with Gasteiger partial charge in [-0.1, -0.05) is 23.2 Å². The minimum atomic E-state index is -0.358. The molecule has 0 aromatic heterocycles. The summed E-state index contributed by atoms with van der Waals surface area (Å²) in [4.78, 5) is 11.7. The zero-order valence-corrected chi connectivity index (χ0v) is 14.7. The predicted octanol–water partition coefficient (Wildman–Crippen LogP) is 1.87. The van der Waals surface area contributed by atoms with Crippen molar-refractivity contribution < 1.29 is 9.68 Å². The van der Waals surface area contributed by atoms with E-state index in [9.17, 15) is 0 Å². The SMILES string of the molecule is CN1NC2(CCCCC2)ON=C1C1=NOC2(CCCCC2)NN1C. The molecule has 0 atom stereocenters. The molecular formula is C16H28N6O2. The molecule has 24 heavy (non-hydrogen) atoms. The minimum Gasteiger partial charge on any atom is -0.370 e. The first-order valence-electron chi connectivity index (χ1n) is 9.17. The maximum atomic E-state index is 5.87. The Morgan fingerprint density at radius 2 is 1.08 bits per heavy atom. The van der Waals surface area contributed by atoms with Crippen LogP contribution in [0.5, 0.6) is 0 Å². The summed E-state index contributed by atoms with van der Waals surface area (Å²) in [6, 6.07) is 0. The molecule has 0 unspecified atom stereocenters. The monoisotopic (exact) mass is 336 g/mol. The van der Waals surface area contributed by atoms with Crippen LogP contribution in [0.4, 0.5) is 0 Å². The van der Waals surface area contributed by atoms with Gasteiger partial charge in [-0.2, -0.15) is 10.9 Å². The summed E-state index contributed by atoms with van der Waals surface area (Å²) < 4.78 is 0. The van der Waals surface area contributed by atoms with Gasteiger partial charge in [0.2, 0.25) is 23.1 Å².